The molecule has 0 fully saturated rings. The number of para-hydroxylation sites is 1. The summed E-state index contributed by atoms with van der Waals surface area (Å²) in [6, 6.07) is 8.48. The maximum absolute atomic E-state index is 4.99. The topological polar surface area (TPSA) is 48.0 Å². The minimum atomic E-state index is 0.781. The molecule has 0 bridgehead atoms. The SMILES string of the molecule is CCn1cc(-c2nc3c4c5c(sc4ncn3n2)CCCC5)c2ccccc21. The molecule has 1 aliphatic rings. The fraction of sp³-hybridized carbons (Fsp3) is 0.286. The molecule has 6 heteroatoms. The largest absolute Gasteiger partial charge is 0.347 e. The van der Waals surface area contributed by atoms with Gasteiger partial charge in [0.05, 0.1) is 5.39 Å². The molecule has 0 amide bonds. The van der Waals surface area contributed by atoms with Crippen molar-refractivity contribution in [3.8, 4) is 11.4 Å². The van der Waals surface area contributed by atoms with Crippen molar-refractivity contribution in [2.75, 3.05) is 0 Å². The lowest BCUT2D eigenvalue weighted by Crippen LogP contribution is -1.99. The molecule has 0 saturated heterocycles. The van der Waals surface area contributed by atoms with E-state index in [0.717, 1.165) is 34.8 Å². The smallest absolute Gasteiger partial charge is 0.184 e. The predicted octanol–water partition coefficient (Wildman–Crippen LogP) is 4.86. The average molecular weight is 373 g/mol. The number of hydrogen-bond donors (Lipinski definition) is 0. The van der Waals surface area contributed by atoms with Gasteiger partial charge in [-0.2, -0.15) is 0 Å². The second-order valence-corrected chi connectivity index (χ2v) is 8.27. The Kier molecular flexibility index (Phi) is 3.20. The molecule has 27 heavy (non-hydrogen) atoms. The van der Waals surface area contributed by atoms with Gasteiger partial charge >= 0.3 is 0 Å². The summed E-state index contributed by atoms with van der Waals surface area (Å²) in [5.74, 6) is 0.781. The van der Waals surface area contributed by atoms with Gasteiger partial charge < -0.3 is 4.57 Å². The lowest BCUT2D eigenvalue weighted by molar-refractivity contribution is 0.700. The van der Waals surface area contributed by atoms with Gasteiger partial charge in [0.2, 0.25) is 0 Å². The quantitative estimate of drug-likeness (QED) is 0.444. The van der Waals surface area contributed by atoms with E-state index < -0.39 is 0 Å². The van der Waals surface area contributed by atoms with E-state index in [4.69, 9.17) is 10.1 Å². The zero-order chi connectivity index (χ0) is 18.0. The maximum atomic E-state index is 4.99. The summed E-state index contributed by atoms with van der Waals surface area (Å²) in [5.41, 5.74) is 4.72. The van der Waals surface area contributed by atoms with E-state index in [2.05, 4.69) is 46.9 Å². The van der Waals surface area contributed by atoms with Gasteiger partial charge in [-0.3, -0.25) is 0 Å². The van der Waals surface area contributed by atoms with Crippen LogP contribution in [0.15, 0.2) is 36.8 Å². The number of benzene rings is 1. The number of rotatable bonds is 2. The summed E-state index contributed by atoms with van der Waals surface area (Å²) in [5, 5.41) is 7.21. The summed E-state index contributed by atoms with van der Waals surface area (Å²) >= 11 is 1.83. The fourth-order valence-corrected chi connectivity index (χ4v) is 5.58. The van der Waals surface area contributed by atoms with Gasteiger partial charge in [-0.05, 0) is 44.2 Å². The lowest BCUT2D eigenvalue weighted by atomic mass is 9.97. The normalized spacial score (nSPS) is 14.4. The third kappa shape index (κ3) is 2.13. The molecule has 0 saturated carbocycles. The number of thiophene rings is 1. The highest BCUT2D eigenvalue weighted by Gasteiger charge is 2.21. The van der Waals surface area contributed by atoms with Crippen molar-refractivity contribution in [2.45, 2.75) is 39.2 Å². The first-order chi connectivity index (χ1) is 13.3. The van der Waals surface area contributed by atoms with Crippen molar-refractivity contribution in [2.24, 2.45) is 0 Å². The van der Waals surface area contributed by atoms with Crippen LogP contribution in [0, 0.1) is 0 Å². The van der Waals surface area contributed by atoms with E-state index >= 15 is 0 Å². The first kappa shape index (κ1) is 15.3. The predicted molar refractivity (Wildman–Crippen MR) is 109 cm³/mol. The second kappa shape index (κ2) is 5.63. The summed E-state index contributed by atoms with van der Waals surface area (Å²) in [6.45, 7) is 3.09. The van der Waals surface area contributed by atoms with Crippen LogP contribution in [0.4, 0.5) is 0 Å². The van der Waals surface area contributed by atoms with Crippen LogP contribution >= 0.6 is 11.3 Å². The van der Waals surface area contributed by atoms with Crippen molar-refractivity contribution in [3.05, 3.63) is 47.2 Å². The number of aryl methyl sites for hydroxylation is 3. The minimum Gasteiger partial charge on any atom is -0.347 e. The zero-order valence-corrected chi connectivity index (χ0v) is 16.0. The number of hydrogen-bond acceptors (Lipinski definition) is 4. The number of fused-ring (bicyclic) bond motifs is 6. The van der Waals surface area contributed by atoms with E-state index in [1.807, 2.05) is 22.2 Å². The highest BCUT2D eigenvalue weighted by Crippen LogP contribution is 2.37. The second-order valence-electron chi connectivity index (χ2n) is 7.19. The molecule has 4 heterocycles. The fourth-order valence-electron chi connectivity index (χ4n) is 4.36. The van der Waals surface area contributed by atoms with Crippen LogP contribution in [0.1, 0.15) is 30.2 Å². The Balaban J connectivity index is 1.64. The highest BCUT2D eigenvalue weighted by molar-refractivity contribution is 7.19. The van der Waals surface area contributed by atoms with Gasteiger partial charge in [-0.25, -0.2) is 14.5 Å². The maximum Gasteiger partial charge on any atom is 0.184 e. The molecule has 0 radical (unpaired) electrons. The van der Waals surface area contributed by atoms with Crippen molar-refractivity contribution >= 4 is 38.1 Å². The Bertz CT molecular complexity index is 1320. The molecule has 0 N–H and O–H groups in total. The van der Waals surface area contributed by atoms with Gasteiger partial charge in [0.1, 0.15) is 11.2 Å². The van der Waals surface area contributed by atoms with Crippen LogP contribution in [0.2, 0.25) is 0 Å². The molecule has 134 valence electrons. The Labute approximate surface area is 160 Å². The van der Waals surface area contributed by atoms with Crippen molar-refractivity contribution in [1.29, 1.82) is 0 Å². The molecule has 0 aliphatic heterocycles. The molecule has 4 aromatic heterocycles. The van der Waals surface area contributed by atoms with Crippen molar-refractivity contribution in [3.63, 3.8) is 0 Å². The molecule has 1 aromatic carbocycles. The van der Waals surface area contributed by atoms with E-state index in [9.17, 15) is 0 Å². The van der Waals surface area contributed by atoms with E-state index in [-0.39, 0.29) is 0 Å². The molecular formula is C21H19N5S. The van der Waals surface area contributed by atoms with Crippen LogP contribution in [0.25, 0.3) is 38.2 Å². The van der Waals surface area contributed by atoms with E-state index in [1.165, 1.54) is 46.0 Å². The van der Waals surface area contributed by atoms with Crippen LogP contribution in [0.3, 0.4) is 0 Å². The van der Waals surface area contributed by atoms with Gasteiger partial charge in [0.25, 0.3) is 0 Å². The van der Waals surface area contributed by atoms with Crippen LogP contribution < -0.4 is 0 Å². The summed E-state index contributed by atoms with van der Waals surface area (Å²) in [7, 11) is 0. The standard InChI is InChI=1S/C21H19N5S/c1-2-25-11-15(13-7-3-5-9-16(13)25)19-23-20-18-14-8-4-6-10-17(14)27-21(18)22-12-26(20)24-19/h3,5,7,9,11-12H,2,4,6,8,10H2,1H3. The first-order valence-electron chi connectivity index (χ1n) is 9.57. The molecule has 5 aromatic rings. The van der Waals surface area contributed by atoms with Gasteiger partial charge in [-0.15, -0.1) is 16.4 Å². The molecule has 0 unspecified atom stereocenters. The van der Waals surface area contributed by atoms with Gasteiger partial charge in [0, 0.05) is 34.1 Å². The highest BCUT2D eigenvalue weighted by atomic mass is 32.1. The zero-order valence-electron chi connectivity index (χ0n) is 15.1. The van der Waals surface area contributed by atoms with Crippen LogP contribution in [0.5, 0.6) is 0 Å². The Morgan fingerprint density at radius 3 is 2.96 bits per heavy atom. The molecular weight excluding hydrogens is 354 g/mol. The molecule has 0 spiro atoms. The molecule has 0 atom stereocenters. The summed E-state index contributed by atoms with van der Waals surface area (Å²) in [6.07, 6.45) is 8.83. The van der Waals surface area contributed by atoms with Crippen molar-refractivity contribution < 1.29 is 0 Å². The van der Waals surface area contributed by atoms with Crippen LogP contribution in [-0.4, -0.2) is 24.1 Å². The summed E-state index contributed by atoms with van der Waals surface area (Å²) < 4.78 is 4.12. The molecule has 1 aliphatic carbocycles. The van der Waals surface area contributed by atoms with E-state index in [0.29, 0.717) is 0 Å². The summed E-state index contributed by atoms with van der Waals surface area (Å²) in [4.78, 5) is 12.3. The Hall–Kier alpha value is -2.73. The third-order valence-corrected chi connectivity index (χ3v) is 6.86. The van der Waals surface area contributed by atoms with Gasteiger partial charge in [0.15, 0.2) is 11.5 Å². The minimum absolute atomic E-state index is 0.781. The molecule has 5 nitrogen and oxygen atoms in total. The van der Waals surface area contributed by atoms with Crippen LogP contribution in [-0.2, 0) is 19.4 Å². The number of nitrogens with zero attached hydrogens (tertiary/aromatic N) is 5. The lowest BCUT2D eigenvalue weighted by Gasteiger charge is -2.09. The van der Waals surface area contributed by atoms with E-state index in [1.54, 1.807) is 0 Å². The van der Waals surface area contributed by atoms with Crippen molar-refractivity contribution in [1.82, 2.24) is 24.1 Å². The molecule has 6 rings (SSSR count). The Morgan fingerprint density at radius 2 is 2.04 bits per heavy atom. The first-order valence-corrected chi connectivity index (χ1v) is 10.4. The average Bonchev–Trinajstić information content (AvgIpc) is 3.39. The monoisotopic (exact) mass is 373 g/mol. The number of aromatic nitrogens is 5. The van der Waals surface area contributed by atoms with Gasteiger partial charge in [-0.1, -0.05) is 18.2 Å². The Morgan fingerprint density at radius 1 is 1.15 bits per heavy atom. The third-order valence-electron chi connectivity index (χ3n) is 5.66.